The summed E-state index contributed by atoms with van der Waals surface area (Å²) in [6.45, 7) is 5.45. The van der Waals surface area contributed by atoms with E-state index < -0.39 is 17.7 Å². The molecule has 1 aromatic heterocycles. The van der Waals surface area contributed by atoms with Crippen LogP contribution < -0.4 is 0 Å². The van der Waals surface area contributed by atoms with E-state index in [1.165, 1.54) is 28.9 Å². The van der Waals surface area contributed by atoms with E-state index in [2.05, 4.69) is 5.10 Å². The summed E-state index contributed by atoms with van der Waals surface area (Å²) in [6, 6.07) is 6.61. The maximum absolute atomic E-state index is 13.2. The number of benzene rings is 1. The molecule has 7 heteroatoms. The lowest BCUT2D eigenvalue weighted by atomic mass is 10.1. The Morgan fingerprint density at radius 3 is 2.52 bits per heavy atom. The largest absolute Gasteiger partial charge is 0.461 e. The third-order valence-electron chi connectivity index (χ3n) is 3.25. The maximum Gasteiger partial charge on any atom is 0.418 e. The van der Waals surface area contributed by atoms with Gasteiger partial charge in [0.15, 0.2) is 5.69 Å². The Balaban J connectivity index is 2.62. The Labute approximate surface area is 131 Å². The van der Waals surface area contributed by atoms with Gasteiger partial charge in [-0.15, -0.1) is 0 Å². The number of ether oxygens (including phenoxy) is 1. The van der Waals surface area contributed by atoms with E-state index in [0.717, 1.165) is 6.07 Å². The minimum absolute atomic E-state index is 0.00692. The van der Waals surface area contributed by atoms with Crippen molar-refractivity contribution in [1.29, 1.82) is 0 Å². The van der Waals surface area contributed by atoms with Gasteiger partial charge in [0.05, 0.1) is 17.9 Å². The van der Waals surface area contributed by atoms with E-state index in [0.29, 0.717) is 5.69 Å². The van der Waals surface area contributed by atoms with Crippen LogP contribution >= 0.6 is 0 Å². The molecule has 2 rings (SSSR count). The van der Waals surface area contributed by atoms with E-state index in [-0.39, 0.29) is 23.9 Å². The summed E-state index contributed by atoms with van der Waals surface area (Å²) in [6.07, 6.45) is -4.51. The van der Waals surface area contributed by atoms with Gasteiger partial charge in [-0.25, -0.2) is 9.48 Å². The highest BCUT2D eigenvalue weighted by Gasteiger charge is 2.34. The van der Waals surface area contributed by atoms with E-state index in [4.69, 9.17) is 4.74 Å². The molecule has 0 fully saturated rings. The first-order valence-electron chi connectivity index (χ1n) is 7.19. The molecule has 0 atom stereocenters. The molecule has 0 N–H and O–H groups in total. The molecule has 0 aliphatic heterocycles. The fourth-order valence-electron chi connectivity index (χ4n) is 2.20. The number of para-hydroxylation sites is 1. The molecular weight excluding hydrogens is 309 g/mol. The zero-order valence-corrected chi connectivity index (χ0v) is 13.0. The van der Waals surface area contributed by atoms with E-state index >= 15 is 0 Å². The maximum atomic E-state index is 13.2. The van der Waals surface area contributed by atoms with Gasteiger partial charge in [-0.2, -0.15) is 18.3 Å². The van der Waals surface area contributed by atoms with Gasteiger partial charge in [-0.3, -0.25) is 0 Å². The van der Waals surface area contributed by atoms with Crippen molar-refractivity contribution in [3.63, 3.8) is 0 Å². The fraction of sp³-hybridized carbons (Fsp3) is 0.375. The first-order valence-corrected chi connectivity index (χ1v) is 7.19. The van der Waals surface area contributed by atoms with Crippen LogP contribution in [0.2, 0.25) is 0 Å². The van der Waals surface area contributed by atoms with Crippen LogP contribution in [0.5, 0.6) is 0 Å². The van der Waals surface area contributed by atoms with E-state index in [1.54, 1.807) is 6.92 Å². The van der Waals surface area contributed by atoms with Crippen LogP contribution in [0.15, 0.2) is 30.3 Å². The van der Waals surface area contributed by atoms with E-state index in [1.807, 2.05) is 13.8 Å². The van der Waals surface area contributed by atoms with Crippen molar-refractivity contribution in [3.05, 3.63) is 47.3 Å². The van der Waals surface area contributed by atoms with Crippen molar-refractivity contribution in [2.24, 2.45) is 0 Å². The van der Waals surface area contributed by atoms with Crippen LogP contribution in [-0.2, 0) is 10.9 Å². The average Bonchev–Trinajstić information content (AvgIpc) is 2.92. The third-order valence-corrected chi connectivity index (χ3v) is 3.25. The lowest BCUT2D eigenvalue weighted by molar-refractivity contribution is -0.137. The molecule has 2 aromatic rings. The molecule has 0 saturated carbocycles. The number of esters is 1. The molecule has 1 heterocycles. The first kappa shape index (κ1) is 17.1. The van der Waals surface area contributed by atoms with Gasteiger partial charge in [0.1, 0.15) is 0 Å². The second-order valence-electron chi connectivity index (χ2n) is 5.26. The van der Waals surface area contributed by atoms with E-state index in [9.17, 15) is 18.0 Å². The molecule has 0 unspecified atom stereocenters. The second-order valence-corrected chi connectivity index (χ2v) is 5.26. The fourth-order valence-corrected chi connectivity index (χ4v) is 2.20. The third kappa shape index (κ3) is 3.55. The van der Waals surface area contributed by atoms with Gasteiger partial charge < -0.3 is 4.74 Å². The molecule has 23 heavy (non-hydrogen) atoms. The van der Waals surface area contributed by atoms with Gasteiger partial charge in [0.2, 0.25) is 0 Å². The Bertz CT molecular complexity index is 706. The summed E-state index contributed by atoms with van der Waals surface area (Å²) in [5.74, 6) is -0.774. The minimum Gasteiger partial charge on any atom is -0.461 e. The van der Waals surface area contributed by atoms with Crippen molar-refractivity contribution in [2.75, 3.05) is 6.61 Å². The van der Waals surface area contributed by atoms with Crippen molar-refractivity contribution in [1.82, 2.24) is 9.78 Å². The second kappa shape index (κ2) is 6.44. The number of nitrogens with zero attached hydrogens (tertiary/aromatic N) is 2. The number of hydrogen-bond acceptors (Lipinski definition) is 3. The molecule has 0 aliphatic rings. The highest BCUT2D eigenvalue weighted by atomic mass is 19.4. The van der Waals surface area contributed by atoms with Gasteiger partial charge in [0, 0.05) is 5.69 Å². The molecule has 0 bridgehead atoms. The van der Waals surface area contributed by atoms with Crippen molar-refractivity contribution < 1.29 is 22.7 Å². The topological polar surface area (TPSA) is 44.1 Å². The van der Waals surface area contributed by atoms with Crippen LogP contribution in [-0.4, -0.2) is 22.4 Å². The van der Waals surface area contributed by atoms with Crippen molar-refractivity contribution >= 4 is 5.97 Å². The monoisotopic (exact) mass is 326 g/mol. The van der Waals surface area contributed by atoms with Gasteiger partial charge >= 0.3 is 12.1 Å². The highest BCUT2D eigenvalue weighted by Crippen LogP contribution is 2.34. The minimum atomic E-state index is -4.51. The number of hydrogen-bond donors (Lipinski definition) is 0. The van der Waals surface area contributed by atoms with Crippen molar-refractivity contribution in [2.45, 2.75) is 32.9 Å². The number of halogens is 3. The lowest BCUT2D eigenvalue weighted by Gasteiger charge is -2.15. The summed E-state index contributed by atoms with van der Waals surface area (Å²) in [5, 5.41) is 4.04. The van der Waals surface area contributed by atoms with Gasteiger partial charge in [0.25, 0.3) is 0 Å². The highest BCUT2D eigenvalue weighted by molar-refractivity contribution is 5.87. The predicted octanol–water partition coefficient (Wildman–Crippen LogP) is 4.19. The standard InChI is InChI=1S/C16H17F3N2O2/c1-4-23-15(22)12-9-14(10(2)3)21(20-12)13-8-6-5-7-11(13)16(17,18)19/h5-10H,4H2,1-3H3. The summed E-state index contributed by atoms with van der Waals surface area (Å²) < 4.78 is 45.7. The normalized spacial score (nSPS) is 11.8. The number of carbonyl (C=O) groups is 1. The van der Waals surface area contributed by atoms with Crippen LogP contribution in [0.25, 0.3) is 5.69 Å². The molecule has 0 radical (unpaired) electrons. The zero-order valence-electron chi connectivity index (χ0n) is 13.0. The number of alkyl halides is 3. The zero-order chi connectivity index (χ0) is 17.2. The Morgan fingerprint density at radius 2 is 1.96 bits per heavy atom. The Kier molecular flexibility index (Phi) is 4.77. The molecular formula is C16H17F3N2O2. The number of rotatable bonds is 4. The van der Waals surface area contributed by atoms with Crippen LogP contribution in [0, 0.1) is 0 Å². The summed E-state index contributed by atoms with van der Waals surface area (Å²) in [7, 11) is 0. The number of aromatic nitrogens is 2. The predicted molar refractivity (Wildman–Crippen MR) is 78.6 cm³/mol. The van der Waals surface area contributed by atoms with Crippen LogP contribution in [0.1, 0.15) is 48.4 Å². The molecule has 1 aromatic carbocycles. The Hall–Kier alpha value is -2.31. The first-order chi connectivity index (χ1) is 10.8. The van der Waals surface area contributed by atoms with Crippen molar-refractivity contribution in [3.8, 4) is 5.69 Å². The van der Waals surface area contributed by atoms with Gasteiger partial charge in [-0.1, -0.05) is 26.0 Å². The molecule has 0 saturated heterocycles. The SMILES string of the molecule is CCOC(=O)c1cc(C(C)C)n(-c2ccccc2C(F)(F)F)n1. The quantitative estimate of drug-likeness (QED) is 0.791. The molecule has 124 valence electrons. The summed E-state index contributed by atoms with van der Waals surface area (Å²) in [5.41, 5.74) is -0.420. The molecule has 4 nitrogen and oxygen atoms in total. The summed E-state index contributed by atoms with van der Waals surface area (Å²) >= 11 is 0. The smallest absolute Gasteiger partial charge is 0.418 e. The number of carbonyl (C=O) groups excluding carboxylic acids is 1. The molecule has 0 amide bonds. The molecule has 0 aliphatic carbocycles. The molecule has 0 spiro atoms. The van der Waals surface area contributed by atoms with Gasteiger partial charge in [-0.05, 0) is 31.0 Å². The average molecular weight is 326 g/mol. The van der Waals surface area contributed by atoms with Crippen LogP contribution in [0.4, 0.5) is 13.2 Å². The summed E-state index contributed by atoms with van der Waals surface area (Å²) in [4.78, 5) is 11.8. The lowest BCUT2D eigenvalue weighted by Crippen LogP contribution is -2.14. The van der Waals surface area contributed by atoms with Crippen LogP contribution in [0.3, 0.4) is 0 Å². The Morgan fingerprint density at radius 1 is 1.30 bits per heavy atom.